The summed E-state index contributed by atoms with van der Waals surface area (Å²) in [6.45, 7) is 2.42. The van der Waals surface area contributed by atoms with Gasteiger partial charge in [-0.2, -0.15) is 0 Å². The molecule has 1 aliphatic carbocycles. The van der Waals surface area contributed by atoms with Crippen molar-refractivity contribution in [2.24, 2.45) is 11.8 Å². The summed E-state index contributed by atoms with van der Waals surface area (Å²) < 4.78 is 21.3. The summed E-state index contributed by atoms with van der Waals surface area (Å²) in [5.41, 5.74) is 0. The van der Waals surface area contributed by atoms with E-state index in [0.717, 1.165) is 0 Å². The quantitative estimate of drug-likeness (QED) is 0.615. The molecular formula is C10H18O4S. The summed E-state index contributed by atoms with van der Waals surface area (Å²) >= 11 is 0. The van der Waals surface area contributed by atoms with Crippen LogP contribution in [0.15, 0.2) is 0 Å². The van der Waals surface area contributed by atoms with Gasteiger partial charge in [0.2, 0.25) is 0 Å². The van der Waals surface area contributed by atoms with Crippen molar-refractivity contribution >= 4 is 16.8 Å². The number of hydrogen-bond donors (Lipinski definition) is 0. The summed E-state index contributed by atoms with van der Waals surface area (Å²) in [7, 11) is 0.255. The smallest absolute Gasteiger partial charge is 0.309 e. The van der Waals surface area contributed by atoms with Gasteiger partial charge < -0.3 is 9.47 Å². The van der Waals surface area contributed by atoms with Crippen LogP contribution in [0.5, 0.6) is 0 Å². The first-order valence-corrected chi connectivity index (χ1v) is 6.62. The lowest BCUT2D eigenvalue weighted by Crippen LogP contribution is -2.21. The number of esters is 1. The molecule has 0 saturated heterocycles. The van der Waals surface area contributed by atoms with Crippen LogP contribution in [-0.2, 0) is 25.1 Å². The Kier molecular flexibility index (Phi) is 5.25. The van der Waals surface area contributed by atoms with Crippen molar-refractivity contribution in [3.63, 3.8) is 0 Å². The highest BCUT2D eigenvalue weighted by Crippen LogP contribution is 2.28. The lowest BCUT2D eigenvalue weighted by atomic mass is 10.2. The normalized spacial score (nSPS) is 19.6. The van der Waals surface area contributed by atoms with Crippen LogP contribution in [0.2, 0.25) is 0 Å². The molecule has 1 fully saturated rings. The molecule has 2 unspecified atom stereocenters. The summed E-state index contributed by atoms with van der Waals surface area (Å²) in [6, 6.07) is 0. The van der Waals surface area contributed by atoms with Crippen molar-refractivity contribution in [1.29, 1.82) is 0 Å². The monoisotopic (exact) mass is 234 g/mol. The number of hydrogen-bond acceptors (Lipinski definition) is 4. The van der Waals surface area contributed by atoms with Gasteiger partial charge in [0.05, 0.1) is 19.6 Å². The van der Waals surface area contributed by atoms with E-state index in [-0.39, 0.29) is 17.8 Å². The molecule has 2 atom stereocenters. The van der Waals surface area contributed by atoms with E-state index >= 15 is 0 Å². The predicted octanol–water partition coefficient (Wildman–Crippen LogP) is 0.928. The van der Waals surface area contributed by atoms with E-state index in [2.05, 4.69) is 4.74 Å². The van der Waals surface area contributed by atoms with Gasteiger partial charge in [-0.15, -0.1) is 0 Å². The number of methoxy groups -OCH3 is 1. The lowest BCUT2D eigenvalue weighted by molar-refractivity contribution is -0.144. The fourth-order valence-electron chi connectivity index (χ4n) is 1.19. The van der Waals surface area contributed by atoms with E-state index in [1.165, 1.54) is 20.0 Å². The Labute approximate surface area is 92.8 Å². The van der Waals surface area contributed by atoms with E-state index in [9.17, 15) is 9.00 Å². The van der Waals surface area contributed by atoms with Gasteiger partial charge in [-0.05, 0) is 18.8 Å². The van der Waals surface area contributed by atoms with Crippen molar-refractivity contribution < 1.29 is 18.5 Å². The Morgan fingerprint density at radius 1 is 1.53 bits per heavy atom. The van der Waals surface area contributed by atoms with Crippen molar-refractivity contribution in [3.05, 3.63) is 0 Å². The molecule has 1 aliphatic rings. The van der Waals surface area contributed by atoms with Crippen molar-refractivity contribution in [3.8, 4) is 0 Å². The van der Waals surface area contributed by atoms with Gasteiger partial charge in [0.15, 0.2) is 0 Å². The zero-order valence-electron chi connectivity index (χ0n) is 9.23. The van der Waals surface area contributed by atoms with Crippen LogP contribution in [0.1, 0.15) is 19.8 Å². The highest BCUT2D eigenvalue weighted by Gasteiger charge is 2.22. The lowest BCUT2D eigenvalue weighted by Gasteiger charge is -2.08. The fraction of sp³-hybridized carbons (Fsp3) is 0.900. The third-order valence-corrected chi connectivity index (χ3v) is 3.61. The van der Waals surface area contributed by atoms with E-state index in [1.54, 1.807) is 6.92 Å². The predicted molar refractivity (Wildman–Crippen MR) is 57.7 cm³/mol. The maximum Gasteiger partial charge on any atom is 0.309 e. The minimum atomic E-state index is -1.08. The van der Waals surface area contributed by atoms with Gasteiger partial charge in [0.1, 0.15) is 5.94 Å². The molecule has 0 aromatic rings. The van der Waals surface area contributed by atoms with Gasteiger partial charge in [-0.1, -0.05) is 6.92 Å². The SMILES string of the molecule is COC(=O)C(C)CS(=O)COCC1CC1. The average Bonchev–Trinajstić information content (AvgIpc) is 3.00. The number of carbonyl (C=O) groups is 1. The highest BCUT2D eigenvalue weighted by atomic mass is 32.2. The van der Waals surface area contributed by atoms with Gasteiger partial charge >= 0.3 is 5.97 Å². The highest BCUT2D eigenvalue weighted by molar-refractivity contribution is 7.84. The van der Waals surface area contributed by atoms with Crippen LogP contribution in [0.4, 0.5) is 0 Å². The van der Waals surface area contributed by atoms with E-state index in [0.29, 0.717) is 18.3 Å². The Morgan fingerprint density at radius 2 is 2.20 bits per heavy atom. The summed E-state index contributed by atoms with van der Waals surface area (Å²) in [5, 5.41) is 0. The zero-order valence-corrected chi connectivity index (χ0v) is 10.0. The minimum absolute atomic E-state index is 0.234. The van der Waals surface area contributed by atoms with Crippen LogP contribution in [0, 0.1) is 11.8 Å². The number of rotatable bonds is 7. The molecule has 0 aromatic carbocycles. The second kappa shape index (κ2) is 6.23. The van der Waals surface area contributed by atoms with Crippen molar-refractivity contribution in [2.75, 3.05) is 25.4 Å². The number of carbonyl (C=O) groups excluding carboxylic acids is 1. The molecule has 0 radical (unpaired) electrons. The molecule has 0 heterocycles. The summed E-state index contributed by atoms with van der Waals surface area (Å²) in [5.74, 6) is 0.598. The largest absolute Gasteiger partial charge is 0.469 e. The third kappa shape index (κ3) is 5.28. The van der Waals surface area contributed by atoms with E-state index in [4.69, 9.17) is 4.74 Å². The second-order valence-electron chi connectivity index (χ2n) is 3.96. The van der Waals surface area contributed by atoms with Crippen molar-refractivity contribution in [2.45, 2.75) is 19.8 Å². The van der Waals surface area contributed by atoms with Gasteiger partial charge in [0.25, 0.3) is 0 Å². The molecule has 0 bridgehead atoms. The molecule has 1 rings (SSSR count). The maximum atomic E-state index is 11.5. The van der Waals surface area contributed by atoms with E-state index < -0.39 is 10.8 Å². The molecule has 0 amide bonds. The Hall–Kier alpha value is -0.420. The Balaban J connectivity index is 2.07. The van der Waals surface area contributed by atoms with Crippen LogP contribution in [0.25, 0.3) is 0 Å². The molecule has 1 saturated carbocycles. The summed E-state index contributed by atoms with van der Waals surface area (Å²) in [4.78, 5) is 11.0. The van der Waals surface area contributed by atoms with Crippen LogP contribution < -0.4 is 0 Å². The Morgan fingerprint density at radius 3 is 2.73 bits per heavy atom. The molecule has 0 aromatic heterocycles. The molecule has 15 heavy (non-hydrogen) atoms. The van der Waals surface area contributed by atoms with Gasteiger partial charge in [-0.25, -0.2) is 0 Å². The minimum Gasteiger partial charge on any atom is -0.469 e. The van der Waals surface area contributed by atoms with Crippen LogP contribution in [0.3, 0.4) is 0 Å². The van der Waals surface area contributed by atoms with Crippen molar-refractivity contribution in [1.82, 2.24) is 0 Å². The topological polar surface area (TPSA) is 52.6 Å². The second-order valence-corrected chi connectivity index (χ2v) is 5.41. The molecule has 5 heteroatoms. The third-order valence-electron chi connectivity index (χ3n) is 2.30. The average molecular weight is 234 g/mol. The molecule has 0 spiro atoms. The standard InChI is InChI=1S/C10H18O4S/c1-8(10(11)13-2)6-15(12)7-14-5-9-3-4-9/h8-9H,3-7H2,1-2H3. The molecule has 0 N–H and O–H groups in total. The molecule has 88 valence electrons. The first-order chi connectivity index (χ1) is 7.13. The van der Waals surface area contributed by atoms with E-state index in [1.807, 2.05) is 0 Å². The first kappa shape index (κ1) is 12.6. The molecular weight excluding hydrogens is 216 g/mol. The number of ether oxygens (including phenoxy) is 2. The Bertz CT molecular complexity index is 238. The maximum absolute atomic E-state index is 11.5. The zero-order chi connectivity index (χ0) is 11.3. The fourth-order valence-corrected chi connectivity index (χ4v) is 2.26. The molecule has 0 aliphatic heterocycles. The first-order valence-electron chi connectivity index (χ1n) is 5.14. The van der Waals surface area contributed by atoms with Crippen LogP contribution in [-0.4, -0.2) is 35.6 Å². The summed E-state index contributed by atoms with van der Waals surface area (Å²) in [6.07, 6.45) is 2.45. The molecule has 4 nitrogen and oxygen atoms in total. The van der Waals surface area contributed by atoms with Crippen LogP contribution >= 0.6 is 0 Å². The van der Waals surface area contributed by atoms with Gasteiger partial charge in [0, 0.05) is 16.6 Å². The van der Waals surface area contributed by atoms with Gasteiger partial charge in [-0.3, -0.25) is 9.00 Å².